The molecular weight excluding hydrogens is 272 g/mol. The standard InChI is InChI=1S/C16H13ClN2O/c17-14-7-6-13(16-12(14)5-3-9-19-16)15(20)10-11-4-1-2-8-18-11/h1-9,15,20H,10H2. The number of rotatable bonds is 3. The lowest BCUT2D eigenvalue weighted by Crippen LogP contribution is -2.04. The van der Waals surface area contributed by atoms with Crippen molar-refractivity contribution < 1.29 is 5.11 Å². The van der Waals surface area contributed by atoms with Crippen molar-refractivity contribution in [3.63, 3.8) is 0 Å². The molecule has 3 aromatic rings. The van der Waals surface area contributed by atoms with E-state index in [9.17, 15) is 5.11 Å². The molecule has 0 saturated carbocycles. The van der Waals surface area contributed by atoms with Crippen LogP contribution in [0, 0.1) is 0 Å². The fourth-order valence-corrected chi connectivity index (χ4v) is 2.47. The molecule has 0 amide bonds. The largest absolute Gasteiger partial charge is 0.388 e. The molecule has 4 heteroatoms. The number of hydrogen-bond donors (Lipinski definition) is 1. The number of benzene rings is 1. The van der Waals surface area contributed by atoms with Gasteiger partial charge in [0.1, 0.15) is 0 Å². The van der Waals surface area contributed by atoms with Gasteiger partial charge < -0.3 is 5.11 Å². The predicted molar refractivity (Wildman–Crippen MR) is 79.7 cm³/mol. The molecule has 0 fully saturated rings. The third-order valence-electron chi connectivity index (χ3n) is 3.24. The highest BCUT2D eigenvalue weighted by molar-refractivity contribution is 6.35. The van der Waals surface area contributed by atoms with Crippen LogP contribution in [0.5, 0.6) is 0 Å². The molecule has 20 heavy (non-hydrogen) atoms. The van der Waals surface area contributed by atoms with E-state index in [-0.39, 0.29) is 0 Å². The van der Waals surface area contributed by atoms with Crippen molar-refractivity contribution in [2.75, 3.05) is 0 Å². The second kappa shape index (κ2) is 5.57. The van der Waals surface area contributed by atoms with Crippen LogP contribution in [0.25, 0.3) is 10.9 Å². The Hall–Kier alpha value is -1.97. The van der Waals surface area contributed by atoms with E-state index in [1.807, 2.05) is 36.4 Å². The topological polar surface area (TPSA) is 46.0 Å². The summed E-state index contributed by atoms with van der Waals surface area (Å²) in [5, 5.41) is 11.9. The first-order valence-corrected chi connectivity index (χ1v) is 6.74. The number of aliphatic hydroxyl groups is 1. The van der Waals surface area contributed by atoms with Crippen LogP contribution in [-0.2, 0) is 6.42 Å². The molecule has 0 radical (unpaired) electrons. The maximum atomic E-state index is 10.4. The minimum atomic E-state index is -0.653. The average Bonchev–Trinajstić information content (AvgIpc) is 2.49. The van der Waals surface area contributed by atoms with Gasteiger partial charge in [-0.2, -0.15) is 0 Å². The van der Waals surface area contributed by atoms with Crippen molar-refractivity contribution in [1.82, 2.24) is 9.97 Å². The minimum absolute atomic E-state index is 0.453. The van der Waals surface area contributed by atoms with Crippen LogP contribution in [0.15, 0.2) is 54.9 Å². The summed E-state index contributed by atoms with van der Waals surface area (Å²) in [5.74, 6) is 0. The number of halogens is 1. The monoisotopic (exact) mass is 284 g/mol. The summed E-state index contributed by atoms with van der Waals surface area (Å²) in [6.45, 7) is 0. The van der Waals surface area contributed by atoms with Crippen LogP contribution in [0.4, 0.5) is 0 Å². The number of fused-ring (bicyclic) bond motifs is 1. The molecule has 3 rings (SSSR count). The Morgan fingerprint density at radius 3 is 2.65 bits per heavy atom. The van der Waals surface area contributed by atoms with Gasteiger partial charge in [0.25, 0.3) is 0 Å². The van der Waals surface area contributed by atoms with Crippen LogP contribution in [0.2, 0.25) is 5.02 Å². The lowest BCUT2D eigenvalue weighted by atomic mass is 10.0. The molecule has 1 N–H and O–H groups in total. The van der Waals surface area contributed by atoms with Gasteiger partial charge in [-0.25, -0.2) is 0 Å². The molecule has 0 aliphatic heterocycles. The highest BCUT2D eigenvalue weighted by Gasteiger charge is 2.14. The Labute approximate surface area is 121 Å². The molecule has 0 saturated heterocycles. The molecule has 2 heterocycles. The quantitative estimate of drug-likeness (QED) is 0.800. The smallest absolute Gasteiger partial charge is 0.0866 e. The van der Waals surface area contributed by atoms with Crippen molar-refractivity contribution in [3.8, 4) is 0 Å². The van der Waals surface area contributed by atoms with Crippen molar-refractivity contribution >= 4 is 22.5 Å². The Kier molecular flexibility index (Phi) is 3.63. The molecule has 1 unspecified atom stereocenters. The lowest BCUT2D eigenvalue weighted by molar-refractivity contribution is 0.178. The van der Waals surface area contributed by atoms with Crippen LogP contribution in [0.1, 0.15) is 17.4 Å². The molecule has 1 aromatic carbocycles. The zero-order valence-corrected chi connectivity index (χ0v) is 11.5. The van der Waals surface area contributed by atoms with Gasteiger partial charge in [-0.05, 0) is 30.3 Å². The number of aliphatic hydroxyl groups excluding tert-OH is 1. The third-order valence-corrected chi connectivity index (χ3v) is 3.56. The summed E-state index contributed by atoms with van der Waals surface area (Å²) in [5.41, 5.74) is 2.36. The van der Waals surface area contributed by atoms with E-state index >= 15 is 0 Å². The van der Waals surface area contributed by atoms with Crippen molar-refractivity contribution in [1.29, 1.82) is 0 Å². The van der Waals surface area contributed by atoms with Gasteiger partial charge in [0.15, 0.2) is 0 Å². The first kappa shape index (κ1) is 13.0. The predicted octanol–water partition coefficient (Wildman–Crippen LogP) is 3.56. The van der Waals surface area contributed by atoms with Gasteiger partial charge >= 0.3 is 0 Å². The van der Waals surface area contributed by atoms with Gasteiger partial charge in [-0.3, -0.25) is 9.97 Å². The molecule has 100 valence electrons. The fraction of sp³-hybridized carbons (Fsp3) is 0.125. The van der Waals surface area contributed by atoms with E-state index in [0.717, 1.165) is 22.2 Å². The minimum Gasteiger partial charge on any atom is -0.388 e. The zero-order chi connectivity index (χ0) is 13.9. The molecule has 0 aliphatic rings. The van der Waals surface area contributed by atoms with Crippen LogP contribution >= 0.6 is 11.6 Å². The fourth-order valence-electron chi connectivity index (χ4n) is 2.26. The summed E-state index contributed by atoms with van der Waals surface area (Å²) >= 11 is 6.16. The Bertz CT molecular complexity index is 731. The van der Waals surface area contributed by atoms with Gasteiger partial charge in [-0.15, -0.1) is 0 Å². The summed E-state index contributed by atoms with van der Waals surface area (Å²) in [6.07, 6.45) is 3.23. The number of nitrogens with zero attached hydrogens (tertiary/aromatic N) is 2. The van der Waals surface area contributed by atoms with Crippen molar-refractivity contribution in [2.45, 2.75) is 12.5 Å². The molecule has 2 aromatic heterocycles. The Morgan fingerprint density at radius 1 is 1.00 bits per heavy atom. The van der Waals surface area contributed by atoms with E-state index in [4.69, 9.17) is 11.6 Å². The van der Waals surface area contributed by atoms with Gasteiger partial charge in [-0.1, -0.05) is 23.7 Å². The maximum Gasteiger partial charge on any atom is 0.0866 e. The van der Waals surface area contributed by atoms with E-state index in [1.165, 1.54) is 0 Å². The highest BCUT2D eigenvalue weighted by atomic mass is 35.5. The van der Waals surface area contributed by atoms with E-state index in [1.54, 1.807) is 18.5 Å². The van der Waals surface area contributed by atoms with Gasteiger partial charge in [0, 0.05) is 40.5 Å². The molecule has 3 nitrogen and oxygen atoms in total. The summed E-state index contributed by atoms with van der Waals surface area (Å²) in [6, 6.07) is 13.0. The number of aromatic nitrogens is 2. The number of hydrogen-bond acceptors (Lipinski definition) is 3. The van der Waals surface area contributed by atoms with Crippen LogP contribution in [-0.4, -0.2) is 15.1 Å². The third kappa shape index (κ3) is 2.50. The Balaban J connectivity index is 2.00. The lowest BCUT2D eigenvalue weighted by Gasteiger charge is -2.13. The normalized spacial score (nSPS) is 12.5. The molecular formula is C16H13ClN2O. The second-order valence-corrected chi connectivity index (χ2v) is 4.98. The van der Waals surface area contributed by atoms with Crippen molar-refractivity contribution in [3.05, 3.63) is 71.1 Å². The van der Waals surface area contributed by atoms with E-state index in [2.05, 4.69) is 9.97 Å². The average molecular weight is 285 g/mol. The number of pyridine rings is 2. The summed E-state index contributed by atoms with van der Waals surface area (Å²) < 4.78 is 0. The molecule has 0 bridgehead atoms. The van der Waals surface area contributed by atoms with E-state index in [0.29, 0.717) is 11.4 Å². The molecule has 0 aliphatic carbocycles. The van der Waals surface area contributed by atoms with Gasteiger partial charge in [0.05, 0.1) is 11.6 Å². The SMILES string of the molecule is OC(Cc1ccccn1)c1ccc(Cl)c2cccnc12. The van der Waals surface area contributed by atoms with Gasteiger partial charge in [0.2, 0.25) is 0 Å². The molecule has 1 atom stereocenters. The van der Waals surface area contributed by atoms with Crippen LogP contribution < -0.4 is 0 Å². The van der Waals surface area contributed by atoms with Crippen molar-refractivity contribution in [2.24, 2.45) is 0 Å². The highest BCUT2D eigenvalue weighted by Crippen LogP contribution is 2.29. The van der Waals surface area contributed by atoms with E-state index < -0.39 is 6.10 Å². The first-order valence-electron chi connectivity index (χ1n) is 6.37. The maximum absolute atomic E-state index is 10.4. The van der Waals surface area contributed by atoms with Crippen LogP contribution in [0.3, 0.4) is 0 Å². The Morgan fingerprint density at radius 2 is 1.85 bits per heavy atom. The molecule has 0 spiro atoms. The summed E-state index contributed by atoms with van der Waals surface area (Å²) in [4.78, 5) is 8.58. The first-order chi connectivity index (χ1) is 9.75. The zero-order valence-electron chi connectivity index (χ0n) is 10.7. The summed E-state index contributed by atoms with van der Waals surface area (Å²) in [7, 11) is 0. The second-order valence-electron chi connectivity index (χ2n) is 4.58.